The molecule has 1 aliphatic rings. The molecule has 3 heterocycles. The van der Waals surface area contributed by atoms with Gasteiger partial charge in [0, 0.05) is 24.0 Å². The molecule has 0 saturated carbocycles. The average molecular weight is 290 g/mol. The number of nitrogens with zero attached hydrogens (tertiary/aromatic N) is 3. The number of hydrogen-bond donors (Lipinski definition) is 1. The van der Waals surface area contributed by atoms with Crippen molar-refractivity contribution in [2.24, 2.45) is 0 Å². The summed E-state index contributed by atoms with van der Waals surface area (Å²) in [5, 5.41) is 4.83. The highest BCUT2D eigenvalue weighted by Crippen LogP contribution is 2.29. The van der Waals surface area contributed by atoms with Crippen molar-refractivity contribution in [1.29, 1.82) is 0 Å². The van der Waals surface area contributed by atoms with Gasteiger partial charge in [-0.25, -0.2) is 9.97 Å². The van der Waals surface area contributed by atoms with E-state index in [0.717, 1.165) is 30.3 Å². The van der Waals surface area contributed by atoms with Crippen molar-refractivity contribution in [1.82, 2.24) is 15.3 Å². The summed E-state index contributed by atoms with van der Waals surface area (Å²) in [6, 6.07) is 2.81. The van der Waals surface area contributed by atoms with Gasteiger partial charge in [0.15, 0.2) is 0 Å². The van der Waals surface area contributed by atoms with Crippen molar-refractivity contribution in [3.8, 4) is 0 Å². The molecule has 0 radical (unpaired) electrons. The summed E-state index contributed by atoms with van der Waals surface area (Å²) < 4.78 is 0. The summed E-state index contributed by atoms with van der Waals surface area (Å²) in [5.41, 5.74) is 0. The number of aryl methyl sites for hydroxylation is 1. The number of hydrogen-bond acceptors (Lipinski definition) is 5. The number of nitrogens with one attached hydrogen (secondary N) is 1. The SMILES string of the molecule is CCN(CC1CCCCN1)c1ncnc2sc(C)cc12. The Hall–Kier alpha value is -1.20. The molecular formula is C15H22N4S. The summed E-state index contributed by atoms with van der Waals surface area (Å²) in [6.45, 7) is 7.51. The van der Waals surface area contributed by atoms with E-state index in [-0.39, 0.29) is 0 Å². The van der Waals surface area contributed by atoms with Gasteiger partial charge in [-0.3, -0.25) is 0 Å². The Bertz CT molecular complexity index is 574. The minimum atomic E-state index is 0.591. The number of piperidine rings is 1. The lowest BCUT2D eigenvalue weighted by Crippen LogP contribution is -2.44. The molecule has 3 rings (SSSR count). The highest BCUT2D eigenvalue weighted by Gasteiger charge is 2.19. The van der Waals surface area contributed by atoms with Crippen LogP contribution < -0.4 is 10.2 Å². The van der Waals surface area contributed by atoms with Crippen LogP contribution in [0.2, 0.25) is 0 Å². The molecule has 0 spiro atoms. The quantitative estimate of drug-likeness (QED) is 0.940. The maximum absolute atomic E-state index is 4.55. The molecule has 0 aromatic carbocycles. The zero-order chi connectivity index (χ0) is 13.9. The minimum absolute atomic E-state index is 0.591. The van der Waals surface area contributed by atoms with Crippen molar-refractivity contribution in [2.75, 3.05) is 24.5 Å². The first kappa shape index (κ1) is 13.8. The lowest BCUT2D eigenvalue weighted by Gasteiger charge is -2.30. The number of thiophene rings is 1. The van der Waals surface area contributed by atoms with Gasteiger partial charge in [0.25, 0.3) is 0 Å². The van der Waals surface area contributed by atoms with E-state index in [1.807, 2.05) is 0 Å². The molecule has 1 unspecified atom stereocenters. The zero-order valence-electron chi connectivity index (χ0n) is 12.2. The van der Waals surface area contributed by atoms with E-state index in [4.69, 9.17) is 0 Å². The van der Waals surface area contributed by atoms with E-state index in [0.29, 0.717) is 6.04 Å². The van der Waals surface area contributed by atoms with Crippen LogP contribution in [0.1, 0.15) is 31.1 Å². The molecule has 1 atom stereocenters. The molecule has 1 N–H and O–H groups in total. The number of likely N-dealkylation sites (N-methyl/N-ethyl adjacent to an activating group) is 1. The Morgan fingerprint density at radius 2 is 2.30 bits per heavy atom. The van der Waals surface area contributed by atoms with E-state index in [9.17, 15) is 0 Å². The number of aromatic nitrogens is 2. The van der Waals surface area contributed by atoms with Gasteiger partial charge in [-0.15, -0.1) is 11.3 Å². The molecule has 1 saturated heterocycles. The van der Waals surface area contributed by atoms with Crippen molar-refractivity contribution in [3.63, 3.8) is 0 Å². The van der Waals surface area contributed by atoms with Crippen LogP contribution >= 0.6 is 11.3 Å². The van der Waals surface area contributed by atoms with Gasteiger partial charge in [0.1, 0.15) is 17.0 Å². The van der Waals surface area contributed by atoms with Crippen molar-refractivity contribution < 1.29 is 0 Å². The van der Waals surface area contributed by atoms with Gasteiger partial charge in [-0.05, 0) is 39.3 Å². The lowest BCUT2D eigenvalue weighted by atomic mass is 10.0. The third-order valence-corrected chi connectivity index (χ3v) is 4.92. The predicted molar refractivity (Wildman–Crippen MR) is 85.7 cm³/mol. The fourth-order valence-electron chi connectivity index (χ4n) is 2.93. The van der Waals surface area contributed by atoms with E-state index in [2.05, 4.69) is 40.1 Å². The second-order valence-corrected chi connectivity index (χ2v) is 6.69. The van der Waals surface area contributed by atoms with E-state index in [1.165, 1.54) is 29.5 Å². The molecule has 2 aromatic heterocycles. The first-order valence-electron chi connectivity index (χ1n) is 7.47. The molecule has 0 aliphatic carbocycles. The van der Waals surface area contributed by atoms with Crippen LogP contribution in [-0.4, -0.2) is 35.6 Å². The Morgan fingerprint density at radius 1 is 1.40 bits per heavy atom. The second kappa shape index (κ2) is 6.06. The highest BCUT2D eigenvalue weighted by molar-refractivity contribution is 7.18. The molecule has 4 nitrogen and oxygen atoms in total. The number of anilines is 1. The first-order chi connectivity index (χ1) is 9.78. The summed E-state index contributed by atoms with van der Waals surface area (Å²) >= 11 is 1.75. The molecule has 1 fully saturated rings. The Labute approximate surface area is 124 Å². The Kier molecular flexibility index (Phi) is 4.17. The van der Waals surface area contributed by atoms with Crippen LogP contribution in [-0.2, 0) is 0 Å². The Balaban J connectivity index is 1.86. The Morgan fingerprint density at radius 3 is 3.05 bits per heavy atom. The van der Waals surface area contributed by atoms with Crippen molar-refractivity contribution in [2.45, 2.75) is 39.2 Å². The topological polar surface area (TPSA) is 41.0 Å². The number of fused-ring (bicyclic) bond motifs is 1. The minimum Gasteiger partial charge on any atom is -0.355 e. The molecule has 20 heavy (non-hydrogen) atoms. The van der Waals surface area contributed by atoms with Gasteiger partial charge in [-0.1, -0.05) is 6.42 Å². The maximum atomic E-state index is 4.55. The van der Waals surface area contributed by atoms with Crippen LogP contribution in [0.4, 0.5) is 5.82 Å². The summed E-state index contributed by atoms with van der Waals surface area (Å²) in [6.07, 6.45) is 5.62. The standard InChI is InChI=1S/C15H22N4S/c1-3-19(9-12-6-4-5-7-16-12)14-13-8-11(2)20-15(13)18-10-17-14/h8,10,12,16H,3-7,9H2,1-2H3. The fourth-order valence-corrected chi connectivity index (χ4v) is 3.77. The third-order valence-electron chi connectivity index (χ3n) is 3.97. The van der Waals surface area contributed by atoms with Crippen LogP contribution in [0.3, 0.4) is 0 Å². The zero-order valence-corrected chi connectivity index (χ0v) is 13.0. The van der Waals surface area contributed by atoms with Crippen LogP contribution in [0.5, 0.6) is 0 Å². The van der Waals surface area contributed by atoms with Crippen LogP contribution in [0, 0.1) is 6.92 Å². The number of rotatable bonds is 4. The summed E-state index contributed by atoms with van der Waals surface area (Å²) in [4.78, 5) is 13.7. The molecule has 2 aromatic rings. The lowest BCUT2D eigenvalue weighted by molar-refractivity contribution is 0.400. The molecule has 0 amide bonds. The highest BCUT2D eigenvalue weighted by atomic mass is 32.1. The third kappa shape index (κ3) is 2.79. The largest absolute Gasteiger partial charge is 0.355 e. The van der Waals surface area contributed by atoms with Gasteiger partial charge in [0.05, 0.1) is 5.39 Å². The van der Waals surface area contributed by atoms with Gasteiger partial charge in [0.2, 0.25) is 0 Å². The first-order valence-corrected chi connectivity index (χ1v) is 8.29. The maximum Gasteiger partial charge on any atom is 0.140 e. The van der Waals surface area contributed by atoms with E-state index >= 15 is 0 Å². The normalized spacial score (nSPS) is 19.4. The molecular weight excluding hydrogens is 268 g/mol. The second-order valence-electron chi connectivity index (χ2n) is 5.46. The molecule has 0 bridgehead atoms. The monoisotopic (exact) mass is 290 g/mol. The van der Waals surface area contributed by atoms with Gasteiger partial charge in [-0.2, -0.15) is 0 Å². The molecule has 1 aliphatic heterocycles. The average Bonchev–Trinajstić information content (AvgIpc) is 2.86. The van der Waals surface area contributed by atoms with Gasteiger partial charge >= 0.3 is 0 Å². The smallest absolute Gasteiger partial charge is 0.140 e. The fraction of sp³-hybridized carbons (Fsp3) is 0.600. The van der Waals surface area contributed by atoms with Crippen molar-refractivity contribution in [3.05, 3.63) is 17.3 Å². The summed E-state index contributed by atoms with van der Waals surface area (Å²) in [5.74, 6) is 1.09. The van der Waals surface area contributed by atoms with E-state index < -0.39 is 0 Å². The van der Waals surface area contributed by atoms with Crippen LogP contribution in [0.15, 0.2) is 12.4 Å². The summed E-state index contributed by atoms with van der Waals surface area (Å²) in [7, 11) is 0. The van der Waals surface area contributed by atoms with Crippen molar-refractivity contribution >= 4 is 27.4 Å². The van der Waals surface area contributed by atoms with Crippen LogP contribution in [0.25, 0.3) is 10.2 Å². The molecule has 108 valence electrons. The predicted octanol–water partition coefficient (Wildman–Crippen LogP) is 2.97. The molecule has 5 heteroatoms. The van der Waals surface area contributed by atoms with E-state index in [1.54, 1.807) is 17.7 Å². The van der Waals surface area contributed by atoms with Gasteiger partial charge < -0.3 is 10.2 Å².